The number of hydrogen-bond acceptors (Lipinski definition) is 5. The van der Waals surface area contributed by atoms with Gasteiger partial charge in [0.1, 0.15) is 11.9 Å². The van der Waals surface area contributed by atoms with Crippen molar-refractivity contribution >= 4 is 15.5 Å². The smallest absolute Gasteiger partial charge is 0.151 e. The molecule has 0 saturated carbocycles. The summed E-state index contributed by atoms with van der Waals surface area (Å²) in [7, 11) is -0.847. The van der Waals surface area contributed by atoms with E-state index in [1.807, 2.05) is 31.3 Å². The molecular formula is C14H20N2O3S. The lowest BCUT2D eigenvalue weighted by molar-refractivity contribution is 0.132. The standard InChI is InChI=1S/C14H20N2O3S/c1-16(11-6-7-20(17,18)10-11)9-12-8-15-13-4-2-3-5-14(13)19-12/h2-5,11-12,15H,6-10H2,1H3. The van der Waals surface area contributed by atoms with E-state index in [0.717, 1.165) is 30.9 Å². The largest absolute Gasteiger partial charge is 0.485 e. The maximum absolute atomic E-state index is 11.5. The molecule has 1 aromatic carbocycles. The second-order valence-electron chi connectivity index (χ2n) is 5.61. The Morgan fingerprint density at radius 3 is 2.95 bits per heavy atom. The van der Waals surface area contributed by atoms with Gasteiger partial charge in [-0.05, 0) is 25.6 Å². The summed E-state index contributed by atoms with van der Waals surface area (Å²) in [6, 6.07) is 8.01. The molecule has 5 nitrogen and oxygen atoms in total. The quantitative estimate of drug-likeness (QED) is 0.901. The first-order valence-corrected chi connectivity index (χ1v) is 8.76. The number of likely N-dealkylation sites (N-methyl/N-ethyl adjacent to an activating group) is 1. The Hall–Kier alpha value is -1.27. The SMILES string of the molecule is CN(CC1CNc2ccccc2O1)C1CCS(=O)(=O)C1. The van der Waals surface area contributed by atoms with Crippen LogP contribution in [0.4, 0.5) is 5.69 Å². The maximum Gasteiger partial charge on any atom is 0.151 e. The predicted molar refractivity (Wildman–Crippen MR) is 79.0 cm³/mol. The summed E-state index contributed by atoms with van der Waals surface area (Å²) in [5.74, 6) is 1.46. The van der Waals surface area contributed by atoms with Crippen molar-refractivity contribution in [1.29, 1.82) is 0 Å². The highest BCUT2D eigenvalue weighted by atomic mass is 32.2. The van der Waals surface area contributed by atoms with Crippen LogP contribution in [0.2, 0.25) is 0 Å². The van der Waals surface area contributed by atoms with Crippen molar-refractivity contribution in [2.24, 2.45) is 0 Å². The summed E-state index contributed by atoms with van der Waals surface area (Å²) in [6.07, 6.45) is 0.786. The number of sulfone groups is 1. The molecule has 0 radical (unpaired) electrons. The third-order valence-electron chi connectivity index (χ3n) is 4.02. The molecule has 20 heavy (non-hydrogen) atoms. The number of fused-ring (bicyclic) bond motifs is 1. The fourth-order valence-corrected chi connectivity index (χ4v) is 4.66. The molecule has 0 aliphatic carbocycles. The van der Waals surface area contributed by atoms with Crippen molar-refractivity contribution in [3.63, 3.8) is 0 Å². The molecule has 0 aromatic heterocycles. The number of benzene rings is 1. The number of nitrogens with one attached hydrogen (secondary N) is 1. The van der Waals surface area contributed by atoms with Gasteiger partial charge in [0.15, 0.2) is 9.84 Å². The minimum absolute atomic E-state index is 0.0539. The molecule has 1 saturated heterocycles. The molecular weight excluding hydrogens is 276 g/mol. The normalized spacial score (nSPS) is 27.7. The summed E-state index contributed by atoms with van der Waals surface area (Å²) in [5.41, 5.74) is 1.02. The lowest BCUT2D eigenvalue weighted by Crippen LogP contribution is -2.44. The molecule has 0 bridgehead atoms. The molecule has 2 atom stereocenters. The van der Waals surface area contributed by atoms with E-state index in [-0.39, 0.29) is 17.9 Å². The Balaban J connectivity index is 1.60. The van der Waals surface area contributed by atoms with Crippen LogP contribution in [0.3, 0.4) is 0 Å². The number of anilines is 1. The Labute approximate surface area is 119 Å². The lowest BCUT2D eigenvalue weighted by Gasteiger charge is -2.32. The first kappa shape index (κ1) is 13.7. The number of rotatable bonds is 3. The van der Waals surface area contributed by atoms with Gasteiger partial charge in [0.05, 0.1) is 23.7 Å². The average molecular weight is 296 g/mol. The number of ether oxygens (including phenoxy) is 1. The molecule has 3 rings (SSSR count). The molecule has 2 aliphatic heterocycles. The lowest BCUT2D eigenvalue weighted by atomic mass is 10.2. The van der Waals surface area contributed by atoms with Gasteiger partial charge in [-0.2, -0.15) is 0 Å². The van der Waals surface area contributed by atoms with E-state index in [0.29, 0.717) is 5.75 Å². The van der Waals surface area contributed by atoms with Crippen LogP contribution in [-0.2, 0) is 9.84 Å². The molecule has 1 fully saturated rings. The summed E-state index contributed by atoms with van der Waals surface area (Å²) in [5, 5.41) is 3.35. The molecule has 2 unspecified atom stereocenters. The van der Waals surface area contributed by atoms with Crippen molar-refractivity contribution < 1.29 is 13.2 Å². The van der Waals surface area contributed by atoms with Crippen LogP contribution >= 0.6 is 0 Å². The van der Waals surface area contributed by atoms with Gasteiger partial charge in [-0.3, -0.25) is 4.90 Å². The van der Waals surface area contributed by atoms with Crippen molar-refractivity contribution in [3.05, 3.63) is 24.3 Å². The van der Waals surface area contributed by atoms with Gasteiger partial charge in [0.2, 0.25) is 0 Å². The fourth-order valence-electron chi connectivity index (χ4n) is 2.86. The molecule has 110 valence electrons. The van der Waals surface area contributed by atoms with Crippen molar-refractivity contribution in [1.82, 2.24) is 4.90 Å². The molecule has 1 aromatic rings. The van der Waals surface area contributed by atoms with Crippen LogP contribution < -0.4 is 10.1 Å². The van der Waals surface area contributed by atoms with Gasteiger partial charge in [0, 0.05) is 12.6 Å². The zero-order valence-electron chi connectivity index (χ0n) is 11.6. The van der Waals surface area contributed by atoms with E-state index in [2.05, 4.69) is 10.2 Å². The summed E-state index contributed by atoms with van der Waals surface area (Å²) in [6.45, 7) is 1.49. The topological polar surface area (TPSA) is 58.6 Å². The third kappa shape index (κ3) is 2.91. The van der Waals surface area contributed by atoms with Crippen molar-refractivity contribution in [2.45, 2.75) is 18.6 Å². The second kappa shape index (κ2) is 5.26. The zero-order chi connectivity index (χ0) is 14.2. The highest BCUT2D eigenvalue weighted by molar-refractivity contribution is 7.91. The van der Waals surface area contributed by atoms with E-state index >= 15 is 0 Å². The molecule has 2 aliphatic rings. The zero-order valence-corrected chi connectivity index (χ0v) is 12.4. The van der Waals surface area contributed by atoms with Gasteiger partial charge >= 0.3 is 0 Å². The monoisotopic (exact) mass is 296 g/mol. The Morgan fingerprint density at radius 1 is 1.40 bits per heavy atom. The van der Waals surface area contributed by atoms with Crippen LogP contribution in [0.1, 0.15) is 6.42 Å². The highest BCUT2D eigenvalue weighted by Gasteiger charge is 2.32. The average Bonchev–Trinajstić information content (AvgIpc) is 2.79. The predicted octanol–water partition coefficient (Wildman–Crippen LogP) is 0.978. The van der Waals surface area contributed by atoms with Crippen LogP contribution in [0.5, 0.6) is 5.75 Å². The first-order chi connectivity index (χ1) is 9.53. The molecule has 2 heterocycles. The van der Waals surface area contributed by atoms with E-state index < -0.39 is 9.84 Å². The maximum atomic E-state index is 11.5. The van der Waals surface area contributed by atoms with Crippen LogP contribution in [0.25, 0.3) is 0 Å². The second-order valence-corrected chi connectivity index (χ2v) is 7.84. The van der Waals surface area contributed by atoms with Crippen LogP contribution in [-0.4, -0.2) is 57.1 Å². The van der Waals surface area contributed by atoms with Gasteiger partial charge in [-0.25, -0.2) is 8.42 Å². The summed E-state index contributed by atoms with van der Waals surface area (Å²) in [4.78, 5) is 2.12. The summed E-state index contributed by atoms with van der Waals surface area (Å²) >= 11 is 0. The molecule has 0 amide bonds. The van der Waals surface area contributed by atoms with Gasteiger partial charge in [-0.1, -0.05) is 12.1 Å². The Kier molecular flexibility index (Phi) is 3.60. The third-order valence-corrected chi connectivity index (χ3v) is 5.77. The first-order valence-electron chi connectivity index (χ1n) is 6.94. The van der Waals surface area contributed by atoms with Gasteiger partial charge < -0.3 is 10.1 Å². The minimum atomic E-state index is -2.83. The van der Waals surface area contributed by atoms with Crippen LogP contribution in [0.15, 0.2) is 24.3 Å². The van der Waals surface area contributed by atoms with E-state index in [9.17, 15) is 8.42 Å². The minimum Gasteiger partial charge on any atom is -0.485 e. The Bertz CT molecular complexity index is 588. The molecule has 0 spiro atoms. The van der Waals surface area contributed by atoms with E-state index in [1.165, 1.54) is 0 Å². The van der Waals surface area contributed by atoms with Gasteiger partial charge in [0.25, 0.3) is 0 Å². The van der Waals surface area contributed by atoms with Crippen molar-refractivity contribution in [2.75, 3.05) is 37.0 Å². The fraction of sp³-hybridized carbons (Fsp3) is 0.571. The number of para-hydroxylation sites is 2. The van der Waals surface area contributed by atoms with E-state index in [1.54, 1.807) is 0 Å². The highest BCUT2D eigenvalue weighted by Crippen LogP contribution is 2.28. The number of hydrogen-bond donors (Lipinski definition) is 1. The van der Waals surface area contributed by atoms with E-state index in [4.69, 9.17) is 4.74 Å². The molecule has 1 N–H and O–H groups in total. The Morgan fingerprint density at radius 2 is 2.20 bits per heavy atom. The van der Waals surface area contributed by atoms with Crippen molar-refractivity contribution in [3.8, 4) is 5.75 Å². The molecule has 6 heteroatoms. The summed E-state index contributed by atoms with van der Waals surface area (Å²) < 4.78 is 29.0. The van der Waals surface area contributed by atoms with Crippen LogP contribution in [0, 0.1) is 0 Å². The van der Waals surface area contributed by atoms with Gasteiger partial charge in [-0.15, -0.1) is 0 Å². The number of nitrogens with zero attached hydrogens (tertiary/aromatic N) is 1.